The number of hydrogen-bond acceptors (Lipinski definition) is 6. The van der Waals surface area contributed by atoms with Crippen molar-refractivity contribution in [2.45, 2.75) is 33.7 Å². The molecule has 0 saturated heterocycles. The van der Waals surface area contributed by atoms with Crippen LogP contribution in [0, 0.1) is 26.6 Å². The summed E-state index contributed by atoms with van der Waals surface area (Å²) in [5, 5.41) is 12.1. The molecule has 0 radical (unpaired) electrons. The van der Waals surface area contributed by atoms with Gasteiger partial charge in [0.1, 0.15) is 17.2 Å². The molecule has 1 N–H and O–H groups in total. The molecule has 1 aromatic carbocycles. The van der Waals surface area contributed by atoms with Crippen molar-refractivity contribution in [2.24, 2.45) is 0 Å². The summed E-state index contributed by atoms with van der Waals surface area (Å²) in [6, 6.07) is 10.8. The SMILES string of the molecule is COc1nc(-c2cc(C)c(N[C@@H](C)c3ccc(F)c(C)c3)nn2)ccc1-n1cnc(C)c1. The lowest BCUT2D eigenvalue weighted by molar-refractivity contribution is 0.396. The fraction of sp³-hybridized carbons (Fsp3) is 0.250. The number of hydrogen-bond donors (Lipinski definition) is 1. The van der Waals surface area contributed by atoms with Gasteiger partial charge in [-0.15, -0.1) is 10.2 Å². The Bertz CT molecular complexity index is 1270. The first-order valence-corrected chi connectivity index (χ1v) is 10.3. The van der Waals surface area contributed by atoms with Gasteiger partial charge in [-0.25, -0.2) is 14.4 Å². The molecule has 0 spiro atoms. The lowest BCUT2D eigenvalue weighted by Crippen LogP contribution is -2.11. The van der Waals surface area contributed by atoms with Crippen LogP contribution < -0.4 is 10.1 Å². The minimum absolute atomic E-state index is 0.0516. The zero-order chi connectivity index (χ0) is 22.8. The molecule has 4 rings (SSSR count). The molecule has 0 aliphatic rings. The third-order valence-electron chi connectivity index (χ3n) is 5.31. The Hall–Kier alpha value is -3.81. The zero-order valence-corrected chi connectivity index (χ0v) is 18.7. The van der Waals surface area contributed by atoms with Crippen LogP contribution >= 0.6 is 0 Å². The van der Waals surface area contributed by atoms with E-state index in [-0.39, 0.29) is 11.9 Å². The van der Waals surface area contributed by atoms with Crippen LogP contribution in [0.2, 0.25) is 0 Å². The number of benzene rings is 1. The summed E-state index contributed by atoms with van der Waals surface area (Å²) in [6.45, 7) is 7.65. The Labute approximate surface area is 186 Å². The summed E-state index contributed by atoms with van der Waals surface area (Å²) in [5.41, 5.74) is 5.52. The molecule has 164 valence electrons. The number of ether oxygens (including phenoxy) is 1. The summed E-state index contributed by atoms with van der Waals surface area (Å²) >= 11 is 0. The predicted octanol–water partition coefficient (Wildman–Crippen LogP) is 4.97. The van der Waals surface area contributed by atoms with Crippen molar-refractivity contribution in [2.75, 3.05) is 12.4 Å². The summed E-state index contributed by atoms with van der Waals surface area (Å²) in [7, 11) is 1.59. The van der Waals surface area contributed by atoms with Crippen LogP contribution in [0.25, 0.3) is 17.1 Å². The highest BCUT2D eigenvalue weighted by atomic mass is 19.1. The van der Waals surface area contributed by atoms with E-state index in [2.05, 4.69) is 25.5 Å². The van der Waals surface area contributed by atoms with Gasteiger partial charge in [0.2, 0.25) is 5.88 Å². The largest absolute Gasteiger partial charge is 0.479 e. The number of aryl methyl sites for hydroxylation is 3. The normalized spacial score (nSPS) is 11.9. The van der Waals surface area contributed by atoms with Crippen LogP contribution in [-0.2, 0) is 0 Å². The highest BCUT2D eigenvalue weighted by molar-refractivity contribution is 5.61. The Morgan fingerprint density at radius 2 is 1.81 bits per heavy atom. The summed E-state index contributed by atoms with van der Waals surface area (Å²) in [4.78, 5) is 8.87. The van der Waals surface area contributed by atoms with E-state index in [0.29, 0.717) is 28.6 Å². The minimum Gasteiger partial charge on any atom is -0.479 e. The molecule has 0 unspecified atom stereocenters. The van der Waals surface area contributed by atoms with Gasteiger partial charge in [0.25, 0.3) is 0 Å². The smallest absolute Gasteiger partial charge is 0.238 e. The quantitative estimate of drug-likeness (QED) is 0.463. The second-order valence-electron chi connectivity index (χ2n) is 7.78. The van der Waals surface area contributed by atoms with E-state index >= 15 is 0 Å². The standard InChI is InChI=1S/C24H25FN6O/c1-14-10-18(6-7-19(14)25)17(4)27-23-15(2)11-21(29-30-23)20-8-9-22(24(28-20)32-5)31-12-16(3)26-13-31/h6-13,17H,1-5H3,(H,27,30)/t17-/m0/s1. The van der Waals surface area contributed by atoms with Gasteiger partial charge in [-0.2, -0.15) is 0 Å². The molecule has 0 fully saturated rings. The molecular weight excluding hydrogens is 407 g/mol. The van der Waals surface area contributed by atoms with E-state index < -0.39 is 0 Å². The zero-order valence-electron chi connectivity index (χ0n) is 18.7. The maximum Gasteiger partial charge on any atom is 0.238 e. The van der Waals surface area contributed by atoms with Crippen molar-refractivity contribution < 1.29 is 9.13 Å². The summed E-state index contributed by atoms with van der Waals surface area (Å²) in [5.74, 6) is 0.931. The van der Waals surface area contributed by atoms with Crippen LogP contribution in [0.5, 0.6) is 5.88 Å². The number of methoxy groups -OCH3 is 1. The van der Waals surface area contributed by atoms with Gasteiger partial charge >= 0.3 is 0 Å². The van der Waals surface area contributed by atoms with E-state index in [1.807, 2.05) is 55.8 Å². The topological polar surface area (TPSA) is 77.8 Å². The van der Waals surface area contributed by atoms with Gasteiger partial charge in [-0.05, 0) is 68.7 Å². The predicted molar refractivity (Wildman–Crippen MR) is 122 cm³/mol. The molecule has 0 bridgehead atoms. The average Bonchev–Trinajstić information content (AvgIpc) is 3.22. The minimum atomic E-state index is -0.210. The number of nitrogens with one attached hydrogen (secondary N) is 1. The number of anilines is 1. The molecule has 3 aromatic heterocycles. The Kier molecular flexibility index (Phi) is 5.85. The molecule has 0 aliphatic heterocycles. The second kappa shape index (κ2) is 8.74. The number of imidazole rings is 1. The van der Waals surface area contributed by atoms with Crippen LogP contribution in [0.4, 0.5) is 10.2 Å². The van der Waals surface area contributed by atoms with E-state index in [9.17, 15) is 4.39 Å². The first-order valence-electron chi connectivity index (χ1n) is 10.3. The van der Waals surface area contributed by atoms with Crippen molar-refractivity contribution in [3.63, 3.8) is 0 Å². The fourth-order valence-electron chi connectivity index (χ4n) is 3.45. The Morgan fingerprint density at radius 1 is 1.00 bits per heavy atom. The van der Waals surface area contributed by atoms with Crippen molar-refractivity contribution in [1.82, 2.24) is 24.7 Å². The van der Waals surface area contributed by atoms with Gasteiger partial charge in [0.15, 0.2) is 5.82 Å². The van der Waals surface area contributed by atoms with Crippen LogP contribution in [0.3, 0.4) is 0 Å². The maximum atomic E-state index is 13.6. The number of nitrogens with zero attached hydrogens (tertiary/aromatic N) is 5. The molecule has 7 nitrogen and oxygen atoms in total. The molecule has 32 heavy (non-hydrogen) atoms. The molecule has 1 atom stereocenters. The first kappa shape index (κ1) is 21.4. The van der Waals surface area contributed by atoms with Crippen molar-refractivity contribution in [3.8, 4) is 23.0 Å². The maximum absolute atomic E-state index is 13.6. The van der Waals surface area contributed by atoms with E-state index in [4.69, 9.17) is 4.74 Å². The molecule has 0 saturated carbocycles. The van der Waals surface area contributed by atoms with Gasteiger partial charge < -0.3 is 14.6 Å². The molecule has 0 amide bonds. The third kappa shape index (κ3) is 4.30. The van der Waals surface area contributed by atoms with E-state index in [1.54, 1.807) is 26.4 Å². The van der Waals surface area contributed by atoms with Crippen molar-refractivity contribution in [1.29, 1.82) is 0 Å². The van der Waals surface area contributed by atoms with Crippen LogP contribution in [-0.4, -0.2) is 31.8 Å². The van der Waals surface area contributed by atoms with E-state index in [0.717, 1.165) is 22.5 Å². The lowest BCUT2D eigenvalue weighted by Gasteiger charge is -2.17. The fourth-order valence-corrected chi connectivity index (χ4v) is 3.45. The van der Waals surface area contributed by atoms with Gasteiger partial charge in [-0.3, -0.25) is 0 Å². The second-order valence-corrected chi connectivity index (χ2v) is 7.78. The van der Waals surface area contributed by atoms with Gasteiger partial charge in [0.05, 0.1) is 30.9 Å². The first-order chi connectivity index (χ1) is 15.4. The Balaban J connectivity index is 1.58. The van der Waals surface area contributed by atoms with Crippen molar-refractivity contribution in [3.05, 3.63) is 77.1 Å². The number of aromatic nitrogens is 5. The van der Waals surface area contributed by atoms with E-state index in [1.165, 1.54) is 6.07 Å². The molecule has 0 aliphatic carbocycles. The third-order valence-corrected chi connectivity index (χ3v) is 5.31. The summed E-state index contributed by atoms with van der Waals surface area (Å²) < 4.78 is 20.9. The lowest BCUT2D eigenvalue weighted by atomic mass is 10.1. The van der Waals surface area contributed by atoms with Gasteiger partial charge in [0, 0.05) is 6.20 Å². The monoisotopic (exact) mass is 432 g/mol. The summed E-state index contributed by atoms with van der Waals surface area (Å²) in [6.07, 6.45) is 3.64. The van der Waals surface area contributed by atoms with Crippen LogP contribution in [0.1, 0.15) is 35.3 Å². The number of pyridine rings is 1. The highest BCUT2D eigenvalue weighted by Crippen LogP contribution is 2.27. The molecule has 4 aromatic rings. The van der Waals surface area contributed by atoms with Crippen LogP contribution in [0.15, 0.2) is 48.9 Å². The highest BCUT2D eigenvalue weighted by Gasteiger charge is 2.14. The molecule has 3 heterocycles. The Morgan fingerprint density at radius 3 is 2.47 bits per heavy atom. The number of rotatable bonds is 6. The average molecular weight is 433 g/mol. The number of halogens is 1. The van der Waals surface area contributed by atoms with Crippen molar-refractivity contribution >= 4 is 5.82 Å². The molecular formula is C24H25FN6O. The van der Waals surface area contributed by atoms with Gasteiger partial charge in [-0.1, -0.05) is 12.1 Å². The molecule has 8 heteroatoms.